The summed E-state index contributed by atoms with van der Waals surface area (Å²) in [7, 11) is -3.55. The zero-order valence-corrected chi connectivity index (χ0v) is 17.2. The lowest BCUT2D eigenvalue weighted by molar-refractivity contribution is 0.103. The summed E-state index contributed by atoms with van der Waals surface area (Å²) in [5.74, 6) is -0.394. The van der Waals surface area contributed by atoms with E-state index in [9.17, 15) is 13.2 Å². The van der Waals surface area contributed by atoms with Crippen molar-refractivity contribution in [3.8, 4) is 0 Å². The van der Waals surface area contributed by atoms with Crippen LogP contribution in [0, 0.1) is 6.92 Å². The first-order chi connectivity index (χ1) is 13.8. The van der Waals surface area contributed by atoms with E-state index >= 15 is 0 Å². The summed E-state index contributed by atoms with van der Waals surface area (Å²) in [6.45, 7) is 3.50. The van der Waals surface area contributed by atoms with E-state index in [4.69, 9.17) is 5.11 Å². The number of sulfonamides is 1. The molecule has 3 rings (SSSR count). The lowest BCUT2D eigenvalue weighted by Crippen LogP contribution is -2.18. The predicted octanol–water partition coefficient (Wildman–Crippen LogP) is 3.44. The summed E-state index contributed by atoms with van der Waals surface area (Å²) in [5.41, 5.74) is 4.43. The summed E-state index contributed by atoms with van der Waals surface area (Å²) in [6.07, 6.45) is 0. The van der Waals surface area contributed by atoms with Crippen molar-refractivity contribution in [3.05, 3.63) is 88.7 Å². The van der Waals surface area contributed by atoms with Crippen LogP contribution < -0.4 is 4.72 Å². The highest BCUT2D eigenvalue weighted by Crippen LogP contribution is 2.27. The molecule has 0 saturated carbocycles. The largest absolute Gasteiger partial charge is 0.395 e. The first kappa shape index (κ1) is 20.8. The Morgan fingerprint density at radius 1 is 1.10 bits per heavy atom. The number of H-pyrrole nitrogens is 1. The molecule has 3 N–H and O–H groups in total. The number of aliphatic hydroxyl groups excluding tert-OH is 1. The number of aromatic nitrogens is 1. The minimum absolute atomic E-state index is 0.00544. The molecular formula is C22H24N2O4S. The van der Waals surface area contributed by atoms with Gasteiger partial charge in [-0.3, -0.25) is 9.52 Å². The van der Waals surface area contributed by atoms with Crippen LogP contribution in [0.15, 0.2) is 60.7 Å². The lowest BCUT2D eigenvalue weighted by atomic mass is 9.97. The highest BCUT2D eigenvalue weighted by molar-refractivity contribution is 7.92. The summed E-state index contributed by atoms with van der Waals surface area (Å²) < 4.78 is 25.9. The average Bonchev–Trinajstić information content (AvgIpc) is 3.09. The molecule has 0 bridgehead atoms. The molecule has 1 unspecified atom stereocenters. The van der Waals surface area contributed by atoms with Gasteiger partial charge in [-0.25, -0.2) is 8.42 Å². The molecule has 2 aromatic carbocycles. The van der Waals surface area contributed by atoms with Gasteiger partial charge >= 0.3 is 0 Å². The Kier molecular flexibility index (Phi) is 6.20. The van der Waals surface area contributed by atoms with Crippen molar-refractivity contribution in [1.82, 2.24) is 4.98 Å². The fourth-order valence-corrected chi connectivity index (χ4v) is 4.00. The Morgan fingerprint density at radius 3 is 2.38 bits per heavy atom. The van der Waals surface area contributed by atoms with Crippen LogP contribution in [0.5, 0.6) is 0 Å². The monoisotopic (exact) mass is 412 g/mol. The van der Waals surface area contributed by atoms with Crippen LogP contribution in [0.4, 0.5) is 5.69 Å². The van der Waals surface area contributed by atoms with E-state index < -0.39 is 16.6 Å². The van der Waals surface area contributed by atoms with E-state index in [1.165, 1.54) is 0 Å². The summed E-state index contributed by atoms with van der Waals surface area (Å²) in [6, 6.07) is 18.2. The maximum absolute atomic E-state index is 12.8. The van der Waals surface area contributed by atoms with Crippen LogP contribution in [0.25, 0.3) is 0 Å². The highest BCUT2D eigenvalue weighted by atomic mass is 32.2. The SMILES string of the molecule is Cc1cc(C(C)c2ccc(NS(=O)(=O)CCO)cc2)[nH]c1C(=O)c1ccccc1. The van der Waals surface area contributed by atoms with Gasteiger partial charge in [0.25, 0.3) is 0 Å². The van der Waals surface area contributed by atoms with Gasteiger partial charge < -0.3 is 10.1 Å². The van der Waals surface area contributed by atoms with Gasteiger partial charge in [-0.15, -0.1) is 0 Å². The molecule has 0 aliphatic rings. The maximum atomic E-state index is 12.8. The minimum atomic E-state index is -3.55. The van der Waals surface area contributed by atoms with Gasteiger partial charge in [0.1, 0.15) is 0 Å². The Labute approximate surface area is 170 Å². The third kappa shape index (κ3) is 4.93. The van der Waals surface area contributed by atoms with Crippen LogP contribution >= 0.6 is 0 Å². The highest BCUT2D eigenvalue weighted by Gasteiger charge is 2.18. The number of rotatable bonds is 8. The molecule has 6 nitrogen and oxygen atoms in total. The van der Waals surface area contributed by atoms with E-state index in [1.54, 1.807) is 24.3 Å². The van der Waals surface area contributed by atoms with Crippen molar-refractivity contribution in [2.45, 2.75) is 19.8 Å². The third-order valence-corrected chi connectivity index (χ3v) is 6.08. The first-order valence-electron chi connectivity index (χ1n) is 9.31. The van der Waals surface area contributed by atoms with Gasteiger partial charge in [-0.2, -0.15) is 0 Å². The second-order valence-electron chi connectivity index (χ2n) is 6.97. The smallest absolute Gasteiger partial charge is 0.234 e. The molecule has 0 aliphatic heterocycles. The molecule has 152 valence electrons. The maximum Gasteiger partial charge on any atom is 0.234 e. The van der Waals surface area contributed by atoms with E-state index in [0.29, 0.717) is 16.9 Å². The molecule has 0 saturated heterocycles. The Hall–Kier alpha value is -2.90. The molecule has 0 fully saturated rings. The van der Waals surface area contributed by atoms with Crippen molar-refractivity contribution in [2.75, 3.05) is 17.1 Å². The Morgan fingerprint density at radius 2 is 1.76 bits per heavy atom. The van der Waals surface area contributed by atoms with Crippen molar-refractivity contribution < 1.29 is 18.3 Å². The molecule has 1 heterocycles. The molecule has 0 aliphatic carbocycles. The fourth-order valence-electron chi connectivity index (χ4n) is 3.16. The van der Waals surface area contributed by atoms with E-state index in [1.807, 2.05) is 50.2 Å². The van der Waals surface area contributed by atoms with Crippen molar-refractivity contribution in [2.24, 2.45) is 0 Å². The molecule has 7 heteroatoms. The number of aliphatic hydroxyl groups is 1. The Bertz CT molecular complexity index is 1090. The number of carbonyl (C=O) groups is 1. The summed E-state index contributed by atoms with van der Waals surface area (Å²) >= 11 is 0. The average molecular weight is 413 g/mol. The van der Waals surface area contributed by atoms with Gasteiger partial charge in [0.05, 0.1) is 18.1 Å². The van der Waals surface area contributed by atoms with Gasteiger partial charge in [0.2, 0.25) is 15.8 Å². The molecule has 0 radical (unpaired) electrons. The molecule has 29 heavy (non-hydrogen) atoms. The number of aromatic amines is 1. The van der Waals surface area contributed by atoms with Crippen LogP contribution in [0.2, 0.25) is 0 Å². The normalized spacial score (nSPS) is 12.5. The number of aryl methyl sites for hydroxylation is 1. The predicted molar refractivity (Wildman–Crippen MR) is 114 cm³/mol. The minimum Gasteiger partial charge on any atom is -0.395 e. The molecule has 1 aromatic heterocycles. The second-order valence-corrected chi connectivity index (χ2v) is 8.81. The summed E-state index contributed by atoms with van der Waals surface area (Å²) in [4.78, 5) is 16.0. The fraction of sp³-hybridized carbons (Fsp3) is 0.227. The van der Waals surface area contributed by atoms with Crippen molar-refractivity contribution in [3.63, 3.8) is 0 Å². The van der Waals surface area contributed by atoms with Gasteiger partial charge in [-0.1, -0.05) is 49.4 Å². The second kappa shape index (κ2) is 8.63. The molecule has 0 spiro atoms. The van der Waals surface area contributed by atoms with Gasteiger partial charge in [-0.05, 0) is 36.2 Å². The third-order valence-electron chi connectivity index (χ3n) is 4.81. The van der Waals surface area contributed by atoms with Crippen molar-refractivity contribution in [1.29, 1.82) is 0 Å². The number of hydrogen-bond donors (Lipinski definition) is 3. The number of ketones is 1. The number of carbonyl (C=O) groups excluding carboxylic acids is 1. The quantitative estimate of drug-likeness (QED) is 0.494. The van der Waals surface area contributed by atoms with Crippen LogP contribution in [0.1, 0.15) is 45.7 Å². The summed E-state index contributed by atoms with van der Waals surface area (Å²) in [5, 5.41) is 8.81. The number of nitrogens with one attached hydrogen (secondary N) is 2. The first-order valence-corrected chi connectivity index (χ1v) is 11.0. The molecule has 1 atom stereocenters. The zero-order chi connectivity index (χ0) is 21.0. The van der Waals surface area contributed by atoms with Gasteiger partial charge in [0.15, 0.2) is 0 Å². The number of anilines is 1. The standard InChI is InChI=1S/C22H24N2O4S/c1-15-14-20(23-21(15)22(26)18-6-4-3-5-7-18)16(2)17-8-10-19(11-9-17)24-29(27,28)13-12-25/h3-11,14,16,23-25H,12-13H2,1-2H3. The Balaban J connectivity index is 1.79. The van der Waals surface area contributed by atoms with E-state index in [-0.39, 0.29) is 17.5 Å². The van der Waals surface area contributed by atoms with Crippen LogP contribution in [-0.4, -0.2) is 36.7 Å². The number of hydrogen-bond acceptors (Lipinski definition) is 4. The van der Waals surface area contributed by atoms with E-state index in [0.717, 1.165) is 16.8 Å². The van der Waals surface area contributed by atoms with Crippen LogP contribution in [0.3, 0.4) is 0 Å². The van der Waals surface area contributed by atoms with E-state index in [2.05, 4.69) is 9.71 Å². The van der Waals surface area contributed by atoms with Crippen LogP contribution in [-0.2, 0) is 10.0 Å². The molecule has 0 amide bonds. The number of benzene rings is 2. The molecular weight excluding hydrogens is 388 g/mol. The van der Waals surface area contributed by atoms with Gasteiger partial charge in [0, 0.05) is 22.9 Å². The zero-order valence-electron chi connectivity index (χ0n) is 16.3. The van der Waals surface area contributed by atoms with Crippen molar-refractivity contribution >= 4 is 21.5 Å². The lowest BCUT2D eigenvalue weighted by Gasteiger charge is -2.12. The molecule has 3 aromatic rings. The topological polar surface area (TPSA) is 99.3 Å².